The van der Waals surface area contributed by atoms with Crippen molar-refractivity contribution >= 4 is 23.8 Å². The average Bonchev–Trinajstić information content (AvgIpc) is 2.16. The summed E-state index contributed by atoms with van der Waals surface area (Å²) in [5.74, 6) is -1.59. The molecule has 0 saturated carbocycles. The number of alkyl halides is 3. The Morgan fingerprint density at radius 1 is 1.33 bits per heavy atom. The second kappa shape index (κ2) is 3.11. The Morgan fingerprint density at radius 2 is 2.07 bits per heavy atom. The van der Waals surface area contributed by atoms with Crippen molar-refractivity contribution in [2.24, 2.45) is 20.9 Å². The molecule has 1 atom stereocenters. The van der Waals surface area contributed by atoms with Gasteiger partial charge in [0.25, 0.3) is 5.91 Å². The summed E-state index contributed by atoms with van der Waals surface area (Å²) in [5, 5.41) is 0. The third kappa shape index (κ3) is 1.72. The summed E-state index contributed by atoms with van der Waals surface area (Å²) in [7, 11) is 0. The predicted octanol–water partition coefficient (Wildman–Crippen LogP) is 1.14. The van der Waals surface area contributed by atoms with Gasteiger partial charge in [0.1, 0.15) is 23.8 Å². The highest BCUT2D eigenvalue weighted by Crippen LogP contribution is 2.23. The maximum atomic E-state index is 12.2. The molecule has 0 bridgehead atoms. The molecule has 15 heavy (non-hydrogen) atoms. The van der Waals surface area contributed by atoms with Gasteiger partial charge in [0.05, 0.1) is 0 Å². The zero-order valence-electron chi connectivity index (χ0n) is 7.19. The van der Waals surface area contributed by atoms with Gasteiger partial charge in [-0.2, -0.15) is 13.2 Å². The first kappa shape index (κ1) is 9.75. The van der Waals surface area contributed by atoms with Gasteiger partial charge in [-0.3, -0.25) is 4.79 Å². The fourth-order valence-electron chi connectivity index (χ4n) is 1.19. The van der Waals surface area contributed by atoms with Gasteiger partial charge in [-0.05, 0) is 6.08 Å². The highest BCUT2D eigenvalue weighted by Gasteiger charge is 2.38. The number of hydrogen-bond acceptors (Lipinski definition) is 3. The summed E-state index contributed by atoms with van der Waals surface area (Å²) in [5.41, 5.74) is -1.06. The molecule has 0 fully saturated rings. The SMILES string of the molecule is O=C1N=CN=C2N=C(C(F)(F)F)C=CC12. The van der Waals surface area contributed by atoms with Crippen LogP contribution in [0.4, 0.5) is 13.2 Å². The number of fused-ring (bicyclic) bond motifs is 1. The molecule has 0 aromatic heterocycles. The summed E-state index contributed by atoms with van der Waals surface area (Å²) in [6.45, 7) is 0. The minimum absolute atomic E-state index is 0.162. The van der Waals surface area contributed by atoms with Crippen molar-refractivity contribution in [3.63, 3.8) is 0 Å². The lowest BCUT2D eigenvalue weighted by Gasteiger charge is -2.17. The minimum atomic E-state index is -4.53. The van der Waals surface area contributed by atoms with E-state index in [1.165, 1.54) is 0 Å². The van der Waals surface area contributed by atoms with Gasteiger partial charge in [0, 0.05) is 0 Å². The number of amides is 1. The third-order valence-electron chi connectivity index (χ3n) is 1.89. The number of amidine groups is 1. The van der Waals surface area contributed by atoms with Crippen LogP contribution in [0.25, 0.3) is 0 Å². The summed E-state index contributed by atoms with van der Waals surface area (Å²) in [4.78, 5) is 21.3. The lowest BCUT2D eigenvalue weighted by Crippen LogP contribution is -2.31. The fraction of sp³-hybridized carbons (Fsp3) is 0.250. The normalized spacial score (nSPS) is 24.7. The van der Waals surface area contributed by atoms with E-state index in [9.17, 15) is 18.0 Å². The van der Waals surface area contributed by atoms with E-state index in [2.05, 4.69) is 15.0 Å². The Kier molecular flexibility index (Phi) is 2.02. The zero-order valence-corrected chi connectivity index (χ0v) is 7.19. The van der Waals surface area contributed by atoms with Crippen molar-refractivity contribution in [3.8, 4) is 0 Å². The monoisotopic (exact) mass is 215 g/mol. The molecule has 0 aromatic rings. The molecule has 2 heterocycles. The van der Waals surface area contributed by atoms with E-state index in [0.29, 0.717) is 0 Å². The molecule has 2 aliphatic heterocycles. The molecule has 0 aromatic carbocycles. The number of halogens is 3. The Labute approximate surface area is 81.9 Å². The van der Waals surface area contributed by atoms with E-state index < -0.39 is 23.7 Å². The number of allylic oxidation sites excluding steroid dienone is 1. The first-order valence-corrected chi connectivity index (χ1v) is 3.96. The van der Waals surface area contributed by atoms with Crippen LogP contribution in [-0.2, 0) is 4.79 Å². The van der Waals surface area contributed by atoms with Crippen LogP contribution in [0.1, 0.15) is 0 Å². The first-order valence-electron chi connectivity index (χ1n) is 3.96. The molecular formula is C8H4F3N3O. The molecule has 0 N–H and O–H groups in total. The first-order chi connectivity index (χ1) is 6.98. The smallest absolute Gasteiger partial charge is 0.271 e. The number of hydrogen-bond donors (Lipinski definition) is 0. The Morgan fingerprint density at radius 3 is 2.73 bits per heavy atom. The van der Waals surface area contributed by atoms with Crippen LogP contribution in [0.3, 0.4) is 0 Å². The van der Waals surface area contributed by atoms with E-state index in [-0.39, 0.29) is 5.84 Å². The van der Waals surface area contributed by atoms with E-state index >= 15 is 0 Å². The van der Waals surface area contributed by atoms with Gasteiger partial charge in [0.15, 0.2) is 0 Å². The number of rotatable bonds is 0. The molecule has 2 aliphatic rings. The molecule has 0 aliphatic carbocycles. The molecule has 78 valence electrons. The van der Waals surface area contributed by atoms with Gasteiger partial charge in [0.2, 0.25) is 0 Å². The van der Waals surface area contributed by atoms with Crippen LogP contribution in [0, 0.1) is 5.92 Å². The molecular weight excluding hydrogens is 211 g/mol. The zero-order chi connectivity index (χ0) is 11.1. The highest BCUT2D eigenvalue weighted by molar-refractivity contribution is 6.20. The van der Waals surface area contributed by atoms with Crippen LogP contribution >= 0.6 is 0 Å². The molecule has 4 nitrogen and oxygen atoms in total. The number of nitrogens with zero attached hydrogens (tertiary/aromatic N) is 3. The van der Waals surface area contributed by atoms with E-state index in [4.69, 9.17) is 0 Å². The maximum Gasteiger partial charge on any atom is 0.433 e. The van der Waals surface area contributed by atoms with Crippen molar-refractivity contribution in [1.82, 2.24) is 0 Å². The lowest BCUT2D eigenvalue weighted by atomic mass is 10.0. The standard InChI is InChI=1S/C8H4F3N3O/c9-8(10,11)5-2-1-4-6(14-5)12-3-13-7(4)15/h1-4H. The summed E-state index contributed by atoms with van der Waals surface area (Å²) in [6.07, 6.45) is -1.75. The predicted molar refractivity (Wildman–Crippen MR) is 47.1 cm³/mol. The fourth-order valence-corrected chi connectivity index (χ4v) is 1.19. The van der Waals surface area contributed by atoms with Gasteiger partial charge in [-0.1, -0.05) is 6.08 Å². The summed E-state index contributed by atoms with van der Waals surface area (Å²) >= 11 is 0. The van der Waals surface area contributed by atoms with Crippen molar-refractivity contribution in [2.75, 3.05) is 0 Å². The highest BCUT2D eigenvalue weighted by atomic mass is 19.4. The maximum absolute atomic E-state index is 12.2. The lowest BCUT2D eigenvalue weighted by molar-refractivity contribution is -0.118. The number of carbonyl (C=O) groups excluding carboxylic acids is 1. The van der Waals surface area contributed by atoms with Gasteiger partial charge in [-0.25, -0.2) is 15.0 Å². The summed E-state index contributed by atoms with van der Waals surface area (Å²) in [6, 6.07) is 0. The molecule has 1 unspecified atom stereocenters. The van der Waals surface area contributed by atoms with E-state index in [1.54, 1.807) is 0 Å². The Bertz CT molecular complexity index is 431. The minimum Gasteiger partial charge on any atom is -0.271 e. The topological polar surface area (TPSA) is 54.1 Å². The molecule has 7 heteroatoms. The van der Waals surface area contributed by atoms with Gasteiger partial charge >= 0.3 is 6.18 Å². The molecule has 1 amide bonds. The Hall–Kier alpha value is -1.79. The van der Waals surface area contributed by atoms with Crippen LogP contribution in [0.5, 0.6) is 0 Å². The van der Waals surface area contributed by atoms with Crippen molar-refractivity contribution in [2.45, 2.75) is 6.18 Å². The molecule has 0 spiro atoms. The van der Waals surface area contributed by atoms with Crippen molar-refractivity contribution < 1.29 is 18.0 Å². The average molecular weight is 215 g/mol. The Balaban J connectivity index is 2.38. The largest absolute Gasteiger partial charge is 0.433 e. The van der Waals surface area contributed by atoms with Gasteiger partial charge < -0.3 is 0 Å². The van der Waals surface area contributed by atoms with Crippen molar-refractivity contribution in [1.29, 1.82) is 0 Å². The summed E-state index contributed by atoms with van der Waals surface area (Å²) < 4.78 is 36.7. The molecule has 2 rings (SSSR count). The third-order valence-corrected chi connectivity index (χ3v) is 1.89. The second-order valence-electron chi connectivity index (χ2n) is 2.90. The molecule has 0 radical (unpaired) electrons. The number of carbonyl (C=O) groups is 1. The number of aliphatic imine (C=N–C) groups is 3. The van der Waals surface area contributed by atoms with Crippen molar-refractivity contribution in [3.05, 3.63) is 12.2 Å². The van der Waals surface area contributed by atoms with Crippen LogP contribution in [-0.4, -0.2) is 30.0 Å². The van der Waals surface area contributed by atoms with Crippen LogP contribution < -0.4 is 0 Å². The second-order valence-corrected chi connectivity index (χ2v) is 2.90. The van der Waals surface area contributed by atoms with E-state index in [0.717, 1.165) is 18.5 Å². The van der Waals surface area contributed by atoms with Gasteiger partial charge in [-0.15, -0.1) is 0 Å². The van der Waals surface area contributed by atoms with Crippen LogP contribution in [0.15, 0.2) is 27.1 Å². The number of dihydropyridines is 1. The quantitative estimate of drug-likeness (QED) is 0.597. The molecule has 0 saturated heterocycles. The van der Waals surface area contributed by atoms with E-state index in [1.807, 2.05) is 0 Å². The van der Waals surface area contributed by atoms with Crippen LogP contribution in [0.2, 0.25) is 0 Å².